The molecular weight excluding hydrogens is 343 g/mol. The molecule has 0 bridgehead atoms. The Morgan fingerprint density at radius 3 is 2.14 bits per heavy atom. The van der Waals surface area contributed by atoms with Crippen molar-refractivity contribution in [2.75, 3.05) is 5.32 Å². The molecule has 0 aliphatic carbocycles. The molecule has 1 nitrogen and oxygen atoms in total. The van der Waals surface area contributed by atoms with Gasteiger partial charge in [0.2, 0.25) is 0 Å². The van der Waals surface area contributed by atoms with E-state index in [-0.39, 0.29) is 0 Å². The van der Waals surface area contributed by atoms with Crippen LogP contribution in [0.5, 0.6) is 0 Å². The van der Waals surface area contributed by atoms with Crippen molar-refractivity contribution in [2.24, 2.45) is 0 Å². The number of alkyl halides is 3. The highest BCUT2D eigenvalue weighted by Gasteiger charge is 2.38. The standard InChI is InChI=1S/C16H11BrF3N/c17-13-7-9-14(10-8-13)21-15(16(18,19)20)11-6-12-4-2-1-3-5-12/h1-5,7-10,15,21H. The van der Waals surface area contributed by atoms with Gasteiger partial charge in [-0.05, 0) is 36.4 Å². The normalized spacial score (nSPS) is 12.2. The van der Waals surface area contributed by atoms with E-state index < -0.39 is 12.2 Å². The predicted molar refractivity (Wildman–Crippen MR) is 80.9 cm³/mol. The molecule has 2 aromatic rings. The third-order valence-electron chi connectivity index (χ3n) is 2.62. The zero-order chi connectivity index (χ0) is 15.3. The van der Waals surface area contributed by atoms with Crippen LogP contribution in [0.1, 0.15) is 5.56 Å². The third-order valence-corrected chi connectivity index (χ3v) is 3.15. The number of hydrogen-bond donors (Lipinski definition) is 1. The molecule has 2 rings (SSSR count). The minimum absolute atomic E-state index is 0.364. The van der Waals surface area contributed by atoms with E-state index in [2.05, 4.69) is 33.1 Å². The van der Waals surface area contributed by atoms with Crippen LogP contribution in [0.4, 0.5) is 18.9 Å². The summed E-state index contributed by atoms with van der Waals surface area (Å²) < 4.78 is 39.8. The highest BCUT2D eigenvalue weighted by Crippen LogP contribution is 2.24. The molecule has 5 heteroatoms. The van der Waals surface area contributed by atoms with Crippen LogP contribution >= 0.6 is 15.9 Å². The summed E-state index contributed by atoms with van der Waals surface area (Å²) in [5, 5.41) is 2.40. The second-order valence-electron chi connectivity index (χ2n) is 4.26. The number of rotatable bonds is 2. The summed E-state index contributed by atoms with van der Waals surface area (Å²) in [6.07, 6.45) is -4.45. The van der Waals surface area contributed by atoms with Crippen molar-refractivity contribution >= 4 is 21.6 Å². The average Bonchev–Trinajstić information content (AvgIpc) is 2.45. The summed E-state index contributed by atoms with van der Waals surface area (Å²) in [6, 6.07) is 13.1. The van der Waals surface area contributed by atoms with Crippen LogP contribution in [-0.2, 0) is 0 Å². The van der Waals surface area contributed by atoms with E-state index in [1.165, 1.54) is 0 Å². The lowest BCUT2D eigenvalue weighted by molar-refractivity contribution is -0.130. The Kier molecular flexibility index (Phi) is 4.92. The predicted octanol–water partition coefficient (Wildman–Crippen LogP) is 4.84. The Morgan fingerprint density at radius 1 is 0.952 bits per heavy atom. The highest BCUT2D eigenvalue weighted by molar-refractivity contribution is 9.10. The van der Waals surface area contributed by atoms with Gasteiger partial charge in [0.15, 0.2) is 6.04 Å². The Morgan fingerprint density at radius 2 is 1.57 bits per heavy atom. The van der Waals surface area contributed by atoms with Crippen LogP contribution in [0.2, 0.25) is 0 Å². The topological polar surface area (TPSA) is 12.0 Å². The molecule has 0 saturated heterocycles. The summed E-state index contributed by atoms with van der Waals surface area (Å²) in [7, 11) is 0. The van der Waals surface area contributed by atoms with E-state index >= 15 is 0 Å². The molecule has 0 heterocycles. The molecule has 0 aliphatic heterocycles. The zero-order valence-electron chi connectivity index (χ0n) is 10.8. The molecule has 108 valence electrons. The van der Waals surface area contributed by atoms with Crippen LogP contribution in [-0.4, -0.2) is 12.2 Å². The minimum Gasteiger partial charge on any atom is -0.364 e. The maximum Gasteiger partial charge on any atom is 0.420 e. The highest BCUT2D eigenvalue weighted by atomic mass is 79.9. The summed E-state index contributed by atoms with van der Waals surface area (Å²) in [5.74, 6) is 4.78. The quantitative estimate of drug-likeness (QED) is 0.761. The maximum atomic E-state index is 13.0. The van der Waals surface area contributed by atoms with Gasteiger partial charge in [0, 0.05) is 15.7 Å². The zero-order valence-corrected chi connectivity index (χ0v) is 12.4. The van der Waals surface area contributed by atoms with Crippen molar-refractivity contribution < 1.29 is 13.2 Å². The van der Waals surface area contributed by atoms with Crippen molar-refractivity contribution in [1.29, 1.82) is 0 Å². The molecule has 0 saturated carbocycles. The fourth-order valence-corrected chi connectivity index (χ4v) is 1.85. The monoisotopic (exact) mass is 353 g/mol. The number of anilines is 1. The fraction of sp³-hybridized carbons (Fsp3) is 0.125. The minimum atomic E-state index is -4.45. The molecule has 0 amide bonds. The first-order valence-corrected chi connectivity index (χ1v) is 6.90. The van der Waals surface area contributed by atoms with Crippen LogP contribution in [0, 0.1) is 11.8 Å². The molecule has 0 radical (unpaired) electrons. The maximum absolute atomic E-state index is 13.0. The Hall–Kier alpha value is -1.93. The van der Waals surface area contributed by atoms with E-state index in [9.17, 15) is 13.2 Å². The van der Waals surface area contributed by atoms with Crippen molar-refractivity contribution in [3.8, 4) is 11.8 Å². The molecule has 2 aromatic carbocycles. The van der Waals surface area contributed by atoms with Gasteiger partial charge in [-0.1, -0.05) is 46.0 Å². The number of benzene rings is 2. The van der Waals surface area contributed by atoms with Gasteiger partial charge in [-0.2, -0.15) is 13.2 Å². The van der Waals surface area contributed by atoms with E-state index in [1.54, 1.807) is 54.6 Å². The fourth-order valence-electron chi connectivity index (χ4n) is 1.59. The number of halogens is 4. The lowest BCUT2D eigenvalue weighted by Crippen LogP contribution is -2.34. The molecular formula is C16H11BrF3N. The summed E-state index contributed by atoms with van der Waals surface area (Å²) in [4.78, 5) is 0. The van der Waals surface area contributed by atoms with Gasteiger partial charge < -0.3 is 5.32 Å². The van der Waals surface area contributed by atoms with E-state index in [0.29, 0.717) is 11.3 Å². The number of nitrogens with one attached hydrogen (secondary N) is 1. The summed E-state index contributed by atoms with van der Waals surface area (Å²) in [5.41, 5.74) is 0.909. The van der Waals surface area contributed by atoms with Gasteiger partial charge in [0.05, 0.1) is 0 Å². The van der Waals surface area contributed by atoms with E-state index in [0.717, 1.165) is 4.47 Å². The molecule has 21 heavy (non-hydrogen) atoms. The number of hydrogen-bond acceptors (Lipinski definition) is 1. The summed E-state index contributed by atoms with van der Waals surface area (Å²) in [6.45, 7) is 0. The molecule has 1 atom stereocenters. The largest absolute Gasteiger partial charge is 0.420 e. The Labute approximate surface area is 129 Å². The second kappa shape index (κ2) is 6.68. The lowest BCUT2D eigenvalue weighted by Gasteiger charge is -2.17. The van der Waals surface area contributed by atoms with Crippen molar-refractivity contribution in [3.63, 3.8) is 0 Å². The Bertz CT molecular complexity index is 639. The smallest absolute Gasteiger partial charge is 0.364 e. The molecule has 0 spiro atoms. The van der Waals surface area contributed by atoms with Gasteiger partial charge >= 0.3 is 6.18 Å². The van der Waals surface area contributed by atoms with Gasteiger partial charge in [-0.25, -0.2) is 0 Å². The first kappa shape index (κ1) is 15.5. The van der Waals surface area contributed by atoms with Crippen molar-refractivity contribution in [1.82, 2.24) is 0 Å². The van der Waals surface area contributed by atoms with Crippen LogP contribution in [0.15, 0.2) is 59.1 Å². The molecule has 1 N–H and O–H groups in total. The molecule has 1 unspecified atom stereocenters. The summed E-state index contributed by atoms with van der Waals surface area (Å²) >= 11 is 3.23. The van der Waals surface area contributed by atoms with Gasteiger partial charge in [0.25, 0.3) is 0 Å². The molecule has 0 fully saturated rings. The van der Waals surface area contributed by atoms with Crippen LogP contribution < -0.4 is 5.32 Å². The van der Waals surface area contributed by atoms with E-state index in [1.807, 2.05) is 0 Å². The van der Waals surface area contributed by atoms with Crippen molar-refractivity contribution in [2.45, 2.75) is 12.2 Å². The van der Waals surface area contributed by atoms with Gasteiger partial charge in [-0.3, -0.25) is 0 Å². The lowest BCUT2D eigenvalue weighted by atomic mass is 10.2. The second-order valence-corrected chi connectivity index (χ2v) is 5.18. The van der Waals surface area contributed by atoms with Gasteiger partial charge in [-0.15, -0.1) is 0 Å². The first-order valence-electron chi connectivity index (χ1n) is 6.10. The van der Waals surface area contributed by atoms with Crippen molar-refractivity contribution in [3.05, 3.63) is 64.6 Å². The van der Waals surface area contributed by atoms with E-state index in [4.69, 9.17) is 0 Å². The third kappa shape index (κ3) is 4.83. The van der Waals surface area contributed by atoms with Gasteiger partial charge in [0.1, 0.15) is 0 Å². The first-order chi connectivity index (χ1) is 9.95. The van der Waals surface area contributed by atoms with Crippen LogP contribution in [0.3, 0.4) is 0 Å². The average molecular weight is 354 g/mol. The SMILES string of the molecule is FC(F)(F)C(C#Cc1ccccc1)Nc1ccc(Br)cc1. The Balaban J connectivity index is 2.20. The van der Waals surface area contributed by atoms with Crippen LogP contribution in [0.25, 0.3) is 0 Å². The molecule has 0 aliphatic rings. The molecule has 0 aromatic heterocycles.